The van der Waals surface area contributed by atoms with Crippen molar-refractivity contribution in [3.8, 4) is 5.75 Å². The summed E-state index contributed by atoms with van der Waals surface area (Å²) in [6.45, 7) is 0. The van der Waals surface area contributed by atoms with E-state index in [0.29, 0.717) is 4.57 Å². The van der Waals surface area contributed by atoms with Gasteiger partial charge in [0.05, 0.1) is 16.0 Å². The summed E-state index contributed by atoms with van der Waals surface area (Å²) in [7, 11) is 0. The Labute approximate surface area is 162 Å². The molecule has 152 valence electrons. The van der Waals surface area contributed by atoms with E-state index in [0.717, 1.165) is 0 Å². The van der Waals surface area contributed by atoms with Gasteiger partial charge in [0.1, 0.15) is 11.3 Å². The second kappa shape index (κ2) is 7.28. The summed E-state index contributed by atoms with van der Waals surface area (Å²) in [5.41, 5.74) is -7.17. The van der Waals surface area contributed by atoms with Gasteiger partial charge in [-0.3, -0.25) is 10.1 Å². The van der Waals surface area contributed by atoms with Crippen LogP contribution in [0.25, 0.3) is 11.0 Å². The predicted molar refractivity (Wildman–Crippen MR) is 89.2 cm³/mol. The number of para-hydroxylation sites is 1. The number of aromatic nitrogens is 2. The maximum absolute atomic E-state index is 13.3. The third kappa shape index (κ3) is 3.70. The van der Waals surface area contributed by atoms with E-state index < -0.39 is 56.7 Å². The normalized spacial score (nSPS) is 11.8. The molecule has 0 saturated carbocycles. The lowest BCUT2D eigenvalue weighted by Gasteiger charge is -2.13. The molecule has 29 heavy (non-hydrogen) atoms. The van der Waals surface area contributed by atoms with Crippen LogP contribution in [0.15, 0.2) is 36.4 Å². The number of benzene rings is 2. The van der Waals surface area contributed by atoms with Crippen LogP contribution in [0.1, 0.15) is 17.6 Å². The molecule has 0 aliphatic heterocycles. The van der Waals surface area contributed by atoms with Gasteiger partial charge < -0.3 is 4.74 Å². The molecule has 0 bridgehead atoms. The molecule has 0 spiro atoms. The molecule has 1 aromatic heterocycles. The smallest absolute Gasteiger partial charge is 0.410 e. The van der Waals surface area contributed by atoms with E-state index >= 15 is 0 Å². The lowest BCUT2D eigenvalue weighted by Crippen LogP contribution is -2.18. The summed E-state index contributed by atoms with van der Waals surface area (Å²) in [5.74, 6) is -0.00911. The minimum Gasteiger partial charge on any atom is -0.410 e. The molecule has 13 heteroatoms. The summed E-state index contributed by atoms with van der Waals surface area (Å²) in [5, 5.41) is 10.5. The number of ether oxygens (including phenoxy) is 1. The van der Waals surface area contributed by atoms with Gasteiger partial charge in [-0.2, -0.15) is 13.2 Å². The molecule has 3 rings (SSSR count). The number of nitrogens with zero attached hydrogens (tertiary/aromatic N) is 3. The molecular weight excluding hydrogens is 429 g/mol. The first-order chi connectivity index (χ1) is 13.5. The van der Waals surface area contributed by atoms with Crippen molar-refractivity contribution in [1.29, 1.82) is 0 Å². The van der Waals surface area contributed by atoms with Crippen molar-refractivity contribution in [3.63, 3.8) is 0 Å². The number of halogens is 6. The quantitative estimate of drug-likeness (QED) is 0.303. The molecule has 0 fully saturated rings. The van der Waals surface area contributed by atoms with Gasteiger partial charge in [-0.1, -0.05) is 18.2 Å². The molecule has 0 aliphatic rings. The van der Waals surface area contributed by atoms with Gasteiger partial charge in [0.2, 0.25) is 5.28 Å². The molecule has 0 saturated heterocycles. The Bertz CT molecular complexity index is 1120. The number of carbonyl (C=O) groups excluding carboxylic acids is 1. The van der Waals surface area contributed by atoms with Crippen LogP contribution in [-0.2, 0) is 6.18 Å². The lowest BCUT2D eigenvalue weighted by atomic mass is 10.0. The highest BCUT2D eigenvalue weighted by atomic mass is 35.5. The van der Waals surface area contributed by atoms with E-state index in [1.807, 2.05) is 0 Å². The van der Waals surface area contributed by atoms with Crippen LogP contribution in [-0.4, -0.2) is 20.6 Å². The highest BCUT2D eigenvalue weighted by molar-refractivity contribution is 6.30. The first kappa shape index (κ1) is 20.5. The van der Waals surface area contributed by atoms with Gasteiger partial charge in [0.25, 0.3) is 6.43 Å². The summed E-state index contributed by atoms with van der Waals surface area (Å²) in [6.07, 6.45) is -10.6. The maximum atomic E-state index is 13.3. The minimum absolute atomic E-state index is 0.00911. The van der Waals surface area contributed by atoms with E-state index in [2.05, 4.69) is 4.98 Å². The zero-order valence-electron chi connectivity index (χ0n) is 13.8. The van der Waals surface area contributed by atoms with Crippen LogP contribution in [0, 0.1) is 10.1 Å². The van der Waals surface area contributed by atoms with Crippen LogP contribution >= 0.6 is 11.6 Å². The van der Waals surface area contributed by atoms with Crippen molar-refractivity contribution in [1.82, 2.24) is 9.55 Å². The van der Waals surface area contributed by atoms with Crippen molar-refractivity contribution < 1.29 is 36.4 Å². The highest BCUT2D eigenvalue weighted by Gasteiger charge is 2.43. The molecule has 0 atom stereocenters. The molecule has 3 aromatic rings. The molecule has 2 aromatic carbocycles. The van der Waals surface area contributed by atoms with Crippen molar-refractivity contribution in [2.75, 3.05) is 0 Å². The summed E-state index contributed by atoms with van der Waals surface area (Å²) in [6, 6.07) is 7.44. The molecule has 1 heterocycles. The molecule has 0 amide bonds. The monoisotopic (exact) mass is 435 g/mol. The number of alkyl halides is 5. The Hall–Kier alpha value is -3.28. The van der Waals surface area contributed by atoms with E-state index in [9.17, 15) is 36.9 Å². The second-order valence-electron chi connectivity index (χ2n) is 5.51. The van der Waals surface area contributed by atoms with Gasteiger partial charge >= 0.3 is 18.0 Å². The van der Waals surface area contributed by atoms with Crippen LogP contribution in [0.4, 0.5) is 32.4 Å². The molecular formula is C16H7ClF5N3O4. The van der Waals surface area contributed by atoms with Gasteiger partial charge in [-0.15, -0.1) is 0 Å². The third-order valence-corrected chi connectivity index (χ3v) is 4.01. The SMILES string of the molecule is O=C(Oc1ccccc1)n1c(Cl)nc2c([N+](=O)[O-])c(C(F)F)c(C(F)(F)F)cc21. The van der Waals surface area contributed by atoms with E-state index in [1.54, 1.807) is 6.07 Å². The topological polar surface area (TPSA) is 87.3 Å². The predicted octanol–water partition coefficient (Wildman–Crippen LogP) is 5.60. The fourth-order valence-corrected chi connectivity index (χ4v) is 2.88. The lowest BCUT2D eigenvalue weighted by molar-refractivity contribution is -0.384. The minimum atomic E-state index is -5.38. The maximum Gasteiger partial charge on any atom is 0.426 e. The molecule has 0 N–H and O–H groups in total. The van der Waals surface area contributed by atoms with Crippen molar-refractivity contribution >= 4 is 34.4 Å². The van der Waals surface area contributed by atoms with Crippen LogP contribution in [0.5, 0.6) is 5.75 Å². The number of hydrogen-bond donors (Lipinski definition) is 0. The molecule has 0 aliphatic carbocycles. The first-order valence-electron chi connectivity index (χ1n) is 7.54. The van der Waals surface area contributed by atoms with Crippen LogP contribution in [0.3, 0.4) is 0 Å². The van der Waals surface area contributed by atoms with E-state index in [4.69, 9.17) is 16.3 Å². The standard InChI is InChI=1S/C16H7ClF5N3O4/c17-14-23-11-9(24(14)15(26)29-7-4-2-1-3-5-7)6-8(16(20,21)22)10(13(18)19)12(11)25(27)28/h1-6,13H. The van der Waals surface area contributed by atoms with Crippen molar-refractivity contribution in [2.24, 2.45) is 0 Å². The Morgan fingerprint density at radius 1 is 1.24 bits per heavy atom. The Kier molecular flexibility index (Phi) is 5.13. The fraction of sp³-hybridized carbons (Fsp3) is 0.125. The number of fused-ring (bicyclic) bond motifs is 1. The van der Waals surface area contributed by atoms with Crippen LogP contribution < -0.4 is 4.74 Å². The number of imidazole rings is 1. The van der Waals surface area contributed by atoms with Gasteiger partial charge in [-0.05, 0) is 29.8 Å². The zero-order chi connectivity index (χ0) is 21.5. The van der Waals surface area contributed by atoms with Crippen LogP contribution in [0.2, 0.25) is 5.28 Å². The molecule has 7 nitrogen and oxygen atoms in total. The average Bonchev–Trinajstić information content (AvgIpc) is 2.95. The highest BCUT2D eigenvalue weighted by Crippen LogP contribution is 2.45. The zero-order valence-corrected chi connectivity index (χ0v) is 14.5. The summed E-state index contributed by atoms with van der Waals surface area (Å²) >= 11 is 5.76. The molecule has 0 radical (unpaired) electrons. The van der Waals surface area contributed by atoms with Gasteiger partial charge in [-0.25, -0.2) is 23.1 Å². The fourth-order valence-electron chi connectivity index (χ4n) is 2.63. The third-order valence-electron chi connectivity index (χ3n) is 3.76. The summed E-state index contributed by atoms with van der Waals surface area (Å²) in [4.78, 5) is 25.7. The molecule has 0 unspecified atom stereocenters. The van der Waals surface area contributed by atoms with E-state index in [-0.39, 0.29) is 11.8 Å². The number of carbonyl (C=O) groups is 1. The van der Waals surface area contributed by atoms with E-state index in [1.165, 1.54) is 24.3 Å². The van der Waals surface area contributed by atoms with Gasteiger partial charge in [0.15, 0.2) is 5.52 Å². The largest absolute Gasteiger partial charge is 0.426 e. The Balaban J connectivity index is 2.31. The number of nitro benzene ring substituents is 1. The number of nitro groups is 1. The number of hydrogen-bond acceptors (Lipinski definition) is 5. The van der Waals surface area contributed by atoms with Crippen molar-refractivity contribution in [3.05, 3.63) is 62.9 Å². The van der Waals surface area contributed by atoms with Crippen molar-refractivity contribution in [2.45, 2.75) is 12.6 Å². The average molecular weight is 436 g/mol. The van der Waals surface area contributed by atoms with Gasteiger partial charge in [0, 0.05) is 0 Å². The number of rotatable bonds is 3. The first-order valence-corrected chi connectivity index (χ1v) is 7.92. The Morgan fingerprint density at radius 2 is 1.86 bits per heavy atom. The second-order valence-corrected chi connectivity index (χ2v) is 5.85. The summed E-state index contributed by atoms with van der Waals surface area (Å²) < 4.78 is 71.9. The Morgan fingerprint density at radius 3 is 2.38 bits per heavy atom.